The summed E-state index contributed by atoms with van der Waals surface area (Å²) in [4.78, 5) is 0. The summed E-state index contributed by atoms with van der Waals surface area (Å²) < 4.78 is 11.2. The van der Waals surface area contributed by atoms with Crippen LogP contribution < -0.4 is 5.32 Å². The lowest BCUT2D eigenvalue weighted by atomic mass is 9.79. The maximum atomic E-state index is 5.60. The Morgan fingerprint density at radius 3 is 2.70 bits per heavy atom. The normalized spacial score (nSPS) is 21.9. The molecule has 1 aromatic carbocycles. The van der Waals surface area contributed by atoms with Gasteiger partial charge in [-0.3, -0.25) is 0 Å². The number of hydrogen-bond donors (Lipinski definition) is 1. The first-order valence-electron chi connectivity index (χ1n) is 7.93. The molecule has 2 fully saturated rings. The van der Waals surface area contributed by atoms with Crippen molar-refractivity contribution in [2.24, 2.45) is 0 Å². The van der Waals surface area contributed by atoms with Crippen LogP contribution in [0.4, 0.5) is 0 Å². The van der Waals surface area contributed by atoms with E-state index in [1.54, 1.807) is 0 Å². The summed E-state index contributed by atoms with van der Waals surface area (Å²) in [5.74, 6) is 0.788. The molecule has 0 radical (unpaired) electrons. The van der Waals surface area contributed by atoms with E-state index in [0.29, 0.717) is 6.04 Å². The number of rotatable bonds is 6. The minimum absolute atomic E-state index is 0.0496. The largest absolute Gasteiger partial charge is 0.350 e. The Bertz CT molecular complexity index is 425. The van der Waals surface area contributed by atoms with Gasteiger partial charge in [0.15, 0.2) is 6.29 Å². The van der Waals surface area contributed by atoms with Gasteiger partial charge in [-0.05, 0) is 36.4 Å². The third-order valence-corrected chi connectivity index (χ3v) is 4.46. The molecule has 1 aliphatic heterocycles. The van der Waals surface area contributed by atoms with Gasteiger partial charge in [0.2, 0.25) is 0 Å². The van der Waals surface area contributed by atoms with Crippen molar-refractivity contribution in [3.8, 4) is 0 Å². The second-order valence-corrected chi connectivity index (χ2v) is 5.82. The quantitative estimate of drug-likeness (QED) is 0.863. The minimum Gasteiger partial charge on any atom is -0.350 e. The molecular weight excluding hydrogens is 250 g/mol. The Kier molecular flexibility index (Phi) is 4.71. The van der Waals surface area contributed by atoms with Crippen LogP contribution in [-0.4, -0.2) is 26.0 Å². The topological polar surface area (TPSA) is 30.5 Å². The van der Waals surface area contributed by atoms with Crippen molar-refractivity contribution in [2.45, 2.75) is 50.9 Å². The highest BCUT2D eigenvalue weighted by Crippen LogP contribution is 2.37. The molecule has 0 bridgehead atoms. The fraction of sp³-hybridized carbons (Fsp3) is 0.647. The van der Waals surface area contributed by atoms with Crippen LogP contribution in [0.5, 0.6) is 0 Å². The first-order valence-corrected chi connectivity index (χ1v) is 7.93. The predicted molar refractivity (Wildman–Crippen MR) is 79.8 cm³/mol. The molecular formula is C17H25NO2. The van der Waals surface area contributed by atoms with Gasteiger partial charge in [-0.1, -0.05) is 37.6 Å². The summed E-state index contributed by atoms with van der Waals surface area (Å²) in [5.41, 5.74) is 2.88. The van der Waals surface area contributed by atoms with Crippen LogP contribution in [0.25, 0.3) is 0 Å². The lowest BCUT2D eigenvalue weighted by Crippen LogP contribution is -2.26. The van der Waals surface area contributed by atoms with E-state index in [0.717, 1.165) is 32.1 Å². The lowest BCUT2D eigenvalue weighted by molar-refractivity contribution is -0.0529. The van der Waals surface area contributed by atoms with Gasteiger partial charge in [0.05, 0.1) is 13.2 Å². The summed E-state index contributed by atoms with van der Waals surface area (Å²) in [7, 11) is 0. The maximum absolute atomic E-state index is 5.60. The summed E-state index contributed by atoms with van der Waals surface area (Å²) >= 11 is 0. The zero-order valence-corrected chi connectivity index (χ0v) is 12.3. The highest BCUT2D eigenvalue weighted by molar-refractivity contribution is 5.29. The smallest absolute Gasteiger partial charge is 0.159 e. The molecule has 0 amide bonds. The van der Waals surface area contributed by atoms with Gasteiger partial charge in [0.1, 0.15) is 0 Å². The average molecular weight is 275 g/mol. The molecule has 0 spiro atoms. The van der Waals surface area contributed by atoms with E-state index >= 15 is 0 Å². The molecule has 1 saturated heterocycles. The molecule has 1 atom stereocenters. The highest BCUT2D eigenvalue weighted by atomic mass is 16.7. The van der Waals surface area contributed by atoms with E-state index in [-0.39, 0.29) is 6.29 Å². The van der Waals surface area contributed by atoms with E-state index in [1.807, 2.05) is 0 Å². The molecule has 2 aliphatic rings. The molecule has 1 aliphatic carbocycles. The van der Waals surface area contributed by atoms with E-state index in [4.69, 9.17) is 9.47 Å². The Morgan fingerprint density at radius 2 is 2.05 bits per heavy atom. The maximum Gasteiger partial charge on any atom is 0.159 e. The van der Waals surface area contributed by atoms with Crippen LogP contribution in [-0.2, 0) is 9.47 Å². The van der Waals surface area contributed by atoms with Gasteiger partial charge in [-0.25, -0.2) is 0 Å². The van der Waals surface area contributed by atoms with Crippen molar-refractivity contribution in [1.82, 2.24) is 5.32 Å². The molecule has 1 heterocycles. The minimum atomic E-state index is -0.0496. The van der Waals surface area contributed by atoms with Gasteiger partial charge >= 0.3 is 0 Å². The van der Waals surface area contributed by atoms with Crippen molar-refractivity contribution in [2.75, 3.05) is 19.8 Å². The van der Waals surface area contributed by atoms with E-state index in [2.05, 4.69) is 36.5 Å². The Labute approximate surface area is 121 Å². The molecule has 1 unspecified atom stereocenters. The number of ether oxygens (including phenoxy) is 2. The molecule has 110 valence electrons. The van der Waals surface area contributed by atoms with E-state index in [9.17, 15) is 0 Å². The SMILES string of the molecule is CCNC(CC1OCCO1)c1cccc(C2CCC2)c1. The van der Waals surface area contributed by atoms with Gasteiger partial charge in [-0.15, -0.1) is 0 Å². The fourth-order valence-corrected chi connectivity index (χ4v) is 3.09. The van der Waals surface area contributed by atoms with Crippen molar-refractivity contribution < 1.29 is 9.47 Å². The lowest BCUT2D eigenvalue weighted by Gasteiger charge is -2.27. The Hall–Kier alpha value is -0.900. The molecule has 1 saturated carbocycles. The molecule has 3 nitrogen and oxygen atoms in total. The van der Waals surface area contributed by atoms with Crippen LogP contribution in [0.2, 0.25) is 0 Å². The Balaban J connectivity index is 1.71. The third kappa shape index (κ3) is 3.22. The summed E-state index contributed by atoms with van der Waals surface area (Å²) in [6, 6.07) is 9.40. The van der Waals surface area contributed by atoms with Crippen LogP contribution in [0.3, 0.4) is 0 Å². The van der Waals surface area contributed by atoms with Gasteiger partial charge in [-0.2, -0.15) is 0 Å². The number of benzene rings is 1. The van der Waals surface area contributed by atoms with E-state index in [1.165, 1.54) is 30.4 Å². The second kappa shape index (κ2) is 6.70. The zero-order chi connectivity index (χ0) is 13.8. The van der Waals surface area contributed by atoms with Crippen molar-refractivity contribution in [3.05, 3.63) is 35.4 Å². The molecule has 1 aromatic rings. The van der Waals surface area contributed by atoms with Crippen LogP contribution in [0, 0.1) is 0 Å². The van der Waals surface area contributed by atoms with Crippen LogP contribution >= 0.6 is 0 Å². The predicted octanol–water partition coefficient (Wildman–Crippen LogP) is 3.37. The van der Waals surface area contributed by atoms with Crippen molar-refractivity contribution in [3.63, 3.8) is 0 Å². The van der Waals surface area contributed by atoms with Crippen LogP contribution in [0.15, 0.2) is 24.3 Å². The van der Waals surface area contributed by atoms with Crippen LogP contribution in [0.1, 0.15) is 55.7 Å². The first kappa shape index (κ1) is 14.1. The number of hydrogen-bond acceptors (Lipinski definition) is 3. The summed E-state index contributed by atoms with van der Waals surface area (Å²) in [6.07, 6.45) is 4.93. The molecule has 0 aromatic heterocycles. The molecule has 1 N–H and O–H groups in total. The Morgan fingerprint density at radius 1 is 1.25 bits per heavy atom. The van der Waals surface area contributed by atoms with Crippen molar-refractivity contribution >= 4 is 0 Å². The zero-order valence-electron chi connectivity index (χ0n) is 12.3. The van der Waals surface area contributed by atoms with E-state index < -0.39 is 0 Å². The first-order chi connectivity index (χ1) is 9.86. The average Bonchev–Trinajstić information content (AvgIpc) is 2.90. The highest BCUT2D eigenvalue weighted by Gasteiger charge is 2.24. The summed E-state index contributed by atoms with van der Waals surface area (Å²) in [6.45, 7) is 4.57. The summed E-state index contributed by atoms with van der Waals surface area (Å²) in [5, 5.41) is 3.57. The van der Waals surface area contributed by atoms with Gasteiger partial charge in [0, 0.05) is 12.5 Å². The third-order valence-electron chi connectivity index (χ3n) is 4.46. The standard InChI is InChI=1S/C17H25NO2/c1-2-18-16(12-17-19-9-10-20-17)15-8-4-7-14(11-15)13-5-3-6-13/h4,7-8,11,13,16-18H,2-3,5-6,9-10,12H2,1H3. The molecule has 3 rings (SSSR count). The van der Waals surface area contributed by atoms with Gasteiger partial charge < -0.3 is 14.8 Å². The molecule has 3 heteroatoms. The molecule has 20 heavy (non-hydrogen) atoms. The van der Waals surface area contributed by atoms with Crippen molar-refractivity contribution in [1.29, 1.82) is 0 Å². The second-order valence-electron chi connectivity index (χ2n) is 5.82. The fourth-order valence-electron chi connectivity index (χ4n) is 3.09. The monoisotopic (exact) mass is 275 g/mol. The number of nitrogens with one attached hydrogen (secondary N) is 1. The van der Waals surface area contributed by atoms with Gasteiger partial charge in [0.25, 0.3) is 0 Å².